The molecule has 1 fully saturated rings. The van der Waals surface area contributed by atoms with Crippen LogP contribution in [0, 0.1) is 11.3 Å². The molecule has 0 N–H and O–H groups in total. The predicted molar refractivity (Wildman–Crippen MR) is 73.9 cm³/mol. The average molecular weight is 239 g/mol. The summed E-state index contributed by atoms with van der Waals surface area (Å²) in [4.78, 5) is 4.83. The molecule has 3 heteroatoms. The first-order valence-corrected chi connectivity index (χ1v) is 7.04. The zero-order valence-electron chi connectivity index (χ0n) is 12.2. The van der Waals surface area contributed by atoms with E-state index in [4.69, 9.17) is 5.26 Å². The summed E-state index contributed by atoms with van der Waals surface area (Å²) in [6.45, 7) is 14.6. The van der Waals surface area contributed by atoms with Crippen LogP contribution >= 0.6 is 0 Å². The molecule has 1 heterocycles. The third-order valence-electron chi connectivity index (χ3n) is 3.43. The lowest BCUT2D eigenvalue weighted by molar-refractivity contribution is 0.103. The molecule has 1 aliphatic heterocycles. The van der Waals surface area contributed by atoms with Crippen molar-refractivity contribution in [2.24, 2.45) is 0 Å². The van der Waals surface area contributed by atoms with E-state index < -0.39 is 0 Å². The van der Waals surface area contributed by atoms with Gasteiger partial charge < -0.3 is 4.90 Å². The number of hydrogen-bond acceptors (Lipinski definition) is 3. The maximum Gasteiger partial charge on any atom is 0.0868 e. The van der Waals surface area contributed by atoms with Crippen molar-refractivity contribution in [1.82, 2.24) is 9.80 Å². The lowest BCUT2D eigenvalue weighted by Gasteiger charge is -2.38. The first kappa shape index (κ1) is 16.4. The van der Waals surface area contributed by atoms with Crippen LogP contribution in [0.1, 0.15) is 47.5 Å². The lowest BCUT2D eigenvalue weighted by atomic mass is 10.0. The summed E-state index contributed by atoms with van der Waals surface area (Å²) < 4.78 is 0. The molecule has 0 radical (unpaired) electrons. The second kappa shape index (κ2) is 9.44. The largest absolute Gasteiger partial charge is 0.301 e. The highest BCUT2D eigenvalue weighted by atomic mass is 15.2. The van der Waals surface area contributed by atoms with Gasteiger partial charge in [0.1, 0.15) is 0 Å². The highest BCUT2D eigenvalue weighted by molar-refractivity contribution is 4.85. The number of nitrogens with zero attached hydrogens (tertiary/aromatic N) is 3. The Balaban J connectivity index is 0.00000121. The van der Waals surface area contributed by atoms with Gasteiger partial charge in [-0.1, -0.05) is 20.8 Å². The molecule has 1 aliphatic rings. The van der Waals surface area contributed by atoms with Gasteiger partial charge in [-0.25, -0.2) is 0 Å². The second-order valence-electron chi connectivity index (χ2n) is 4.58. The first-order chi connectivity index (χ1) is 8.19. The molecule has 0 atom stereocenters. The smallest absolute Gasteiger partial charge is 0.0868 e. The lowest BCUT2D eigenvalue weighted by Crippen LogP contribution is -2.46. The van der Waals surface area contributed by atoms with E-state index in [1.807, 2.05) is 13.8 Å². The van der Waals surface area contributed by atoms with Crippen LogP contribution in [0.5, 0.6) is 0 Å². The summed E-state index contributed by atoms with van der Waals surface area (Å²) >= 11 is 0. The Labute approximate surface area is 107 Å². The molecular formula is C14H29N3. The van der Waals surface area contributed by atoms with Crippen LogP contribution in [0.15, 0.2) is 0 Å². The monoisotopic (exact) mass is 239 g/mol. The molecule has 0 spiro atoms. The van der Waals surface area contributed by atoms with Gasteiger partial charge >= 0.3 is 0 Å². The summed E-state index contributed by atoms with van der Waals surface area (Å²) in [5, 5.41) is 8.74. The first-order valence-electron chi connectivity index (χ1n) is 7.04. The summed E-state index contributed by atoms with van der Waals surface area (Å²) in [6.07, 6.45) is 2.43. The molecule has 0 unspecified atom stereocenters. The van der Waals surface area contributed by atoms with Crippen LogP contribution < -0.4 is 0 Å². The van der Waals surface area contributed by atoms with Crippen molar-refractivity contribution >= 4 is 0 Å². The summed E-state index contributed by atoms with van der Waals surface area (Å²) in [6, 6.07) is 3.56. The molecule has 0 aliphatic carbocycles. The summed E-state index contributed by atoms with van der Waals surface area (Å²) in [7, 11) is 0. The molecule has 0 bridgehead atoms. The number of likely N-dealkylation sites (tertiary alicyclic amines) is 1. The summed E-state index contributed by atoms with van der Waals surface area (Å²) in [5.74, 6) is 0. The minimum Gasteiger partial charge on any atom is -0.301 e. The van der Waals surface area contributed by atoms with E-state index in [0.29, 0.717) is 18.6 Å². The van der Waals surface area contributed by atoms with Gasteiger partial charge in [0.05, 0.1) is 12.6 Å². The van der Waals surface area contributed by atoms with Gasteiger partial charge in [0.25, 0.3) is 0 Å². The molecule has 0 aromatic heterocycles. The molecule has 17 heavy (non-hydrogen) atoms. The third kappa shape index (κ3) is 5.52. The van der Waals surface area contributed by atoms with Gasteiger partial charge in [0.2, 0.25) is 0 Å². The van der Waals surface area contributed by atoms with Crippen LogP contribution in [0.25, 0.3) is 0 Å². The third-order valence-corrected chi connectivity index (χ3v) is 3.43. The molecule has 0 aromatic rings. The zero-order valence-corrected chi connectivity index (χ0v) is 12.2. The van der Waals surface area contributed by atoms with Crippen LogP contribution in [0.4, 0.5) is 0 Å². The van der Waals surface area contributed by atoms with Crippen molar-refractivity contribution in [2.45, 2.75) is 59.5 Å². The Hall–Kier alpha value is -0.590. The SMILES string of the molecule is CC.CCN(CC#N)C1CCN(C(C)C)CC1. The average Bonchev–Trinajstić information content (AvgIpc) is 2.38. The molecule has 3 nitrogen and oxygen atoms in total. The van der Waals surface area contributed by atoms with Crippen molar-refractivity contribution in [2.75, 3.05) is 26.2 Å². The standard InChI is InChI=1S/C12H23N3.C2H6/c1-4-14(10-7-13)12-5-8-15(9-6-12)11(2)3;1-2/h11-12H,4-6,8-10H2,1-3H3;1-2H3. The molecule has 0 saturated carbocycles. The fourth-order valence-electron chi connectivity index (χ4n) is 2.36. The highest BCUT2D eigenvalue weighted by Crippen LogP contribution is 2.17. The van der Waals surface area contributed by atoms with Crippen LogP contribution in [-0.4, -0.2) is 48.1 Å². The van der Waals surface area contributed by atoms with Crippen molar-refractivity contribution in [3.8, 4) is 6.07 Å². The Morgan fingerprint density at radius 3 is 2.18 bits per heavy atom. The van der Waals surface area contributed by atoms with Gasteiger partial charge in [0.15, 0.2) is 0 Å². The van der Waals surface area contributed by atoms with E-state index in [1.54, 1.807) is 0 Å². The number of hydrogen-bond donors (Lipinski definition) is 0. The van der Waals surface area contributed by atoms with E-state index in [9.17, 15) is 0 Å². The normalized spacial score (nSPS) is 17.8. The maximum absolute atomic E-state index is 8.74. The molecule has 0 aromatic carbocycles. The van der Waals surface area contributed by atoms with E-state index in [2.05, 4.69) is 36.6 Å². The van der Waals surface area contributed by atoms with Crippen LogP contribution in [0.3, 0.4) is 0 Å². The Morgan fingerprint density at radius 2 is 1.82 bits per heavy atom. The number of rotatable bonds is 4. The fourth-order valence-corrected chi connectivity index (χ4v) is 2.36. The van der Waals surface area contributed by atoms with E-state index in [1.165, 1.54) is 25.9 Å². The van der Waals surface area contributed by atoms with Gasteiger partial charge in [-0.15, -0.1) is 0 Å². The molecular weight excluding hydrogens is 210 g/mol. The Bertz CT molecular complexity index is 212. The Morgan fingerprint density at radius 1 is 1.29 bits per heavy atom. The van der Waals surface area contributed by atoms with Crippen LogP contribution in [-0.2, 0) is 0 Å². The second-order valence-corrected chi connectivity index (χ2v) is 4.58. The van der Waals surface area contributed by atoms with E-state index in [0.717, 1.165) is 6.54 Å². The fraction of sp³-hybridized carbons (Fsp3) is 0.929. The minimum absolute atomic E-state index is 0.586. The molecule has 1 saturated heterocycles. The van der Waals surface area contributed by atoms with Gasteiger partial charge in [-0.3, -0.25) is 4.90 Å². The molecule has 1 rings (SSSR count). The molecule has 0 amide bonds. The van der Waals surface area contributed by atoms with Gasteiger partial charge in [0, 0.05) is 12.1 Å². The number of piperidine rings is 1. The highest BCUT2D eigenvalue weighted by Gasteiger charge is 2.24. The summed E-state index contributed by atoms with van der Waals surface area (Å²) in [5.41, 5.74) is 0. The molecule has 100 valence electrons. The Kier molecular flexibility index (Phi) is 9.11. The maximum atomic E-state index is 8.74. The van der Waals surface area contributed by atoms with E-state index in [-0.39, 0.29) is 0 Å². The van der Waals surface area contributed by atoms with Crippen molar-refractivity contribution in [3.05, 3.63) is 0 Å². The minimum atomic E-state index is 0.586. The van der Waals surface area contributed by atoms with Gasteiger partial charge in [-0.05, 0) is 46.3 Å². The zero-order chi connectivity index (χ0) is 13.3. The van der Waals surface area contributed by atoms with Crippen molar-refractivity contribution in [1.29, 1.82) is 5.26 Å². The van der Waals surface area contributed by atoms with Crippen LogP contribution in [0.2, 0.25) is 0 Å². The van der Waals surface area contributed by atoms with Crippen molar-refractivity contribution < 1.29 is 0 Å². The van der Waals surface area contributed by atoms with Crippen molar-refractivity contribution in [3.63, 3.8) is 0 Å². The topological polar surface area (TPSA) is 30.3 Å². The van der Waals surface area contributed by atoms with Gasteiger partial charge in [-0.2, -0.15) is 5.26 Å². The quantitative estimate of drug-likeness (QED) is 0.707. The number of nitriles is 1. The predicted octanol–water partition coefficient (Wildman–Crippen LogP) is 2.73. The van der Waals surface area contributed by atoms with E-state index >= 15 is 0 Å².